The maximum absolute atomic E-state index is 12.9. The number of halogens is 1. The Labute approximate surface area is 159 Å². The van der Waals surface area contributed by atoms with Gasteiger partial charge in [0.1, 0.15) is 0 Å². The molecule has 0 atom stereocenters. The molecule has 1 aromatic carbocycles. The minimum atomic E-state index is -0.537. The van der Waals surface area contributed by atoms with E-state index in [2.05, 4.69) is 10.1 Å². The Kier molecular flexibility index (Phi) is 6.04. The molecule has 0 unspecified atom stereocenters. The van der Waals surface area contributed by atoms with Gasteiger partial charge in [-0.25, -0.2) is 4.79 Å². The smallest absolute Gasteiger partial charge is 0.411 e. The summed E-state index contributed by atoms with van der Waals surface area (Å²) in [5, 5.41) is 3.23. The maximum atomic E-state index is 12.9. The molecule has 1 aromatic rings. The predicted molar refractivity (Wildman–Crippen MR) is 101 cm³/mol. The van der Waals surface area contributed by atoms with Crippen LogP contribution in [0.4, 0.5) is 10.5 Å². The molecule has 0 radical (unpaired) electrons. The monoisotopic (exact) mass is 379 g/mol. The van der Waals surface area contributed by atoms with Gasteiger partial charge in [-0.05, 0) is 62.3 Å². The van der Waals surface area contributed by atoms with Gasteiger partial charge >= 0.3 is 6.09 Å². The van der Waals surface area contributed by atoms with Crippen molar-refractivity contribution < 1.29 is 14.3 Å². The van der Waals surface area contributed by atoms with Crippen LogP contribution < -0.4 is 11.1 Å². The van der Waals surface area contributed by atoms with E-state index in [4.69, 9.17) is 17.3 Å². The lowest BCUT2D eigenvalue weighted by atomic mass is 9.90. The minimum absolute atomic E-state index is 0.153. The molecule has 7 heteroatoms. The average molecular weight is 380 g/mol. The fourth-order valence-electron chi connectivity index (χ4n) is 3.49. The van der Waals surface area contributed by atoms with Crippen molar-refractivity contribution in [2.45, 2.75) is 57.2 Å². The largest absolute Gasteiger partial charge is 0.453 e. The standard InChI is InChI=1S/C19H26ClN3O3/c1-26-19(25)22-15-6-9-17(20)13(10-15)11-23(18(24)12-2-3-12)16-7-4-14(21)5-8-16/h6,9-10,12,14,16H,2-5,7-8,11,21H2,1H3,(H,22,25). The van der Waals surface area contributed by atoms with Gasteiger partial charge in [0.15, 0.2) is 0 Å². The van der Waals surface area contributed by atoms with Crippen LogP contribution in [0.15, 0.2) is 18.2 Å². The van der Waals surface area contributed by atoms with Crippen molar-refractivity contribution in [3.05, 3.63) is 28.8 Å². The summed E-state index contributed by atoms with van der Waals surface area (Å²) in [6.45, 7) is 0.449. The first kappa shape index (κ1) is 19.0. The molecule has 26 heavy (non-hydrogen) atoms. The second-order valence-corrected chi connectivity index (χ2v) is 7.64. The van der Waals surface area contributed by atoms with Crippen molar-refractivity contribution in [2.75, 3.05) is 12.4 Å². The third-order valence-electron chi connectivity index (χ3n) is 5.21. The van der Waals surface area contributed by atoms with Crippen LogP contribution in [0.2, 0.25) is 5.02 Å². The van der Waals surface area contributed by atoms with Crippen molar-refractivity contribution >= 4 is 29.3 Å². The summed E-state index contributed by atoms with van der Waals surface area (Å²) < 4.78 is 4.63. The van der Waals surface area contributed by atoms with E-state index in [1.807, 2.05) is 4.90 Å². The zero-order valence-electron chi connectivity index (χ0n) is 15.0. The predicted octanol–water partition coefficient (Wildman–Crippen LogP) is 3.53. The first-order chi connectivity index (χ1) is 12.5. The molecule has 2 aliphatic rings. The maximum Gasteiger partial charge on any atom is 0.411 e. The number of benzene rings is 1. The zero-order valence-corrected chi connectivity index (χ0v) is 15.8. The summed E-state index contributed by atoms with van der Waals surface area (Å²) in [5.41, 5.74) is 7.45. The van der Waals surface area contributed by atoms with Crippen molar-refractivity contribution in [1.82, 2.24) is 4.90 Å². The highest BCUT2D eigenvalue weighted by Crippen LogP contribution is 2.35. The Bertz CT molecular complexity index is 670. The van der Waals surface area contributed by atoms with Gasteiger partial charge in [0, 0.05) is 35.3 Å². The zero-order chi connectivity index (χ0) is 18.7. The third-order valence-corrected chi connectivity index (χ3v) is 5.58. The third kappa shape index (κ3) is 4.68. The molecule has 0 saturated heterocycles. The number of carbonyl (C=O) groups is 2. The molecule has 3 N–H and O–H groups in total. The Morgan fingerprint density at radius 3 is 2.54 bits per heavy atom. The quantitative estimate of drug-likeness (QED) is 0.819. The van der Waals surface area contributed by atoms with Gasteiger partial charge < -0.3 is 15.4 Å². The summed E-state index contributed by atoms with van der Waals surface area (Å²) in [4.78, 5) is 26.3. The Hall–Kier alpha value is -1.79. The molecule has 2 saturated carbocycles. The second kappa shape index (κ2) is 8.27. The SMILES string of the molecule is COC(=O)Nc1ccc(Cl)c(CN(C(=O)C2CC2)C2CCC(N)CC2)c1. The lowest BCUT2D eigenvalue weighted by molar-refractivity contribution is -0.136. The van der Waals surface area contributed by atoms with Crippen LogP contribution in [-0.4, -0.2) is 36.1 Å². The van der Waals surface area contributed by atoms with Crippen molar-refractivity contribution in [1.29, 1.82) is 0 Å². The van der Waals surface area contributed by atoms with Gasteiger partial charge in [0.25, 0.3) is 0 Å². The molecule has 2 amide bonds. The van der Waals surface area contributed by atoms with Crippen molar-refractivity contribution in [3.8, 4) is 0 Å². The summed E-state index contributed by atoms with van der Waals surface area (Å²) in [6, 6.07) is 5.70. The van der Waals surface area contributed by atoms with Crippen LogP contribution in [-0.2, 0) is 16.1 Å². The summed E-state index contributed by atoms with van der Waals surface area (Å²) in [7, 11) is 1.32. The molecule has 0 bridgehead atoms. The van der Waals surface area contributed by atoms with Gasteiger partial charge in [-0.1, -0.05) is 11.6 Å². The molecule has 2 aliphatic carbocycles. The number of nitrogens with one attached hydrogen (secondary N) is 1. The van der Waals surface area contributed by atoms with Crippen molar-refractivity contribution in [2.24, 2.45) is 11.7 Å². The van der Waals surface area contributed by atoms with Gasteiger partial charge in [-0.3, -0.25) is 10.1 Å². The molecular formula is C19H26ClN3O3. The topological polar surface area (TPSA) is 84.7 Å². The van der Waals surface area contributed by atoms with Crippen LogP contribution in [0.3, 0.4) is 0 Å². The number of ether oxygens (including phenoxy) is 1. The lowest BCUT2D eigenvalue weighted by Gasteiger charge is -2.36. The molecule has 3 rings (SSSR count). The molecule has 0 heterocycles. The Morgan fingerprint density at radius 2 is 1.92 bits per heavy atom. The number of anilines is 1. The Balaban J connectivity index is 1.78. The second-order valence-electron chi connectivity index (χ2n) is 7.23. The van der Waals surface area contributed by atoms with E-state index in [-0.39, 0.29) is 23.9 Å². The van der Waals surface area contributed by atoms with Crippen LogP contribution >= 0.6 is 11.6 Å². The van der Waals surface area contributed by atoms with E-state index in [0.717, 1.165) is 44.1 Å². The molecular weight excluding hydrogens is 354 g/mol. The normalized spacial score (nSPS) is 22.6. The number of carbonyl (C=O) groups excluding carboxylic acids is 2. The number of rotatable bonds is 5. The van der Waals surface area contributed by atoms with Crippen LogP contribution in [0.25, 0.3) is 0 Å². The number of nitrogens with zero attached hydrogens (tertiary/aromatic N) is 1. The number of methoxy groups -OCH3 is 1. The fraction of sp³-hybridized carbons (Fsp3) is 0.579. The first-order valence-corrected chi connectivity index (χ1v) is 9.55. The number of amides is 2. The highest BCUT2D eigenvalue weighted by molar-refractivity contribution is 6.31. The molecule has 142 valence electrons. The minimum Gasteiger partial charge on any atom is -0.453 e. The molecule has 0 aromatic heterocycles. The number of hydrogen-bond donors (Lipinski definition) is 2. The summed E-state index contributed by atoms with van der Waals surface area (Å²) >= 11 is 6.37. The van der Waals surface area contributed by atoms with E-state index < -0.39 is 6.09 Å². The van der Waals surface area contributed by atoms with Crippen LogP contribution in [0, 0.1) is 5.92 Å². The van der Waals surface area contributed by atoms with Gasteiger partial charge in [0.2, 0.25) is 5.91 Å². The Morgan fingerprint density at radius 1 is 1.23 bits per heavy atom. The average Bonchev–Trinajstić information content (AvgIpc) is 3.47. The molecule has 0 spiro atoms. The van der Waals surface area contributed by atoms with E-state index in [9.17, 15) is 9.59 Å². The first-order valence-electron chi connectivity index (χ1n) is 9.17. The molecule has 2 fully saturated rings. The number of hydrogen-bond acceptors (Lipinski definition) is 4. The van der Waals surface area contributed by atoms with E-state index in [1.165, 1.54) is 7.11 Å². The van der Waals surface area contributed by atoms with Gasteiger partial charge in [-0.2, -0.15) is 0 Å². The summed E-state index contributed by atoms with van der Waals surface area (Å²) in [6.07, 6.45) is 5.14. The van der Waals surface area contributed by atoms with Gasteiger partial charge in [0.05, 0.1) is 7.11 Å². The van der Waals surface area contributed by atoms with Crippen LogP contribution in [0.1, 0.15) is 44.1 Å². The molecule has 0 aliphatic heterocycles. The van der Waals surface area contributed by atoms with Crippen LogP contribution in [0.5, 0.6) is 0 Å². The summed E-state index contributed by atoms with van der Waals surface area (Å²) in [5.74, 6) is 0.369. The highest BCUT2D eigenvalue weighted by Gasteiger charge is 2.37. The van der Waals surface area contributed by atoms with E-state index >= 15 is 0 Å². The molecule has 6 nitrogen and oxygen atoms in total. The van der Waals surface area contributed by atoms with Crippen molar-refractivity contribution in [3.63, 3.8) is 0 Å². The van der Waals surface area contributed by atoms with E-state index in [0.29, 0.717) is 17.3 Å². The lowest BCUT2D eigenvalue weighted by Crippen LogP contribution is -2.44. The van der Waals surface area contributed by atoms with E-state index in [1.54, 1.807) is 18.2 Å². The van der Waals surface area contributed by atoms with Gasteiger partial charge in [-0.15, -0.1) is 0 Å². The fourth-order valence-corrected chi connectivity index (χ4v) is 3.67. The highest BCUT2D eigenvalue weighted by atomic mass is 35.5. The number of nitrogens with two attached hydrogens (primary N) is 1.